The van der Waals surface area contributed by atoms with Gasteiger partial charge in [-0.1, -0.05) is 6.42 Å². The first-order valence-electron chi connectivity index (χ1n) is 7.54. The molecule has 1 aliphatic heterocycles. The van der Waals surface area contributed by atoms with E-state index in [0.717, 1.165) is 12.2 Å². The van der Waals surface area contributed by atoms with Gasteiger partial charge in [0.05, 0.1) is 5.56 Å². The van der Waals surface area contributed by atoms with Crippen LogP contribution in [0.25, 0.3) is 0 Å². The first-order valence-corrected chi connectivity index (χ1v) is 7.54. The lowest BCUT2D eigenvalue weighted by atomic mass is 10.0. The van der Waals surface area contributed by atoms with E-state index in [1.54, 1.807) is 6.20 Å². The van der Waals surface area contributed by atoms with E-state index in [2.05, 4.69) is 29.0 Å². The molecule has 1 aliphatic rings. The highest BCUT2D eigenvalue weighted by atomic mass is 16.1. The number of hydrogen-bond acceptors (Lipinski definition) is 3. The van der Waals surface area contributed by atoms with Gasteiger partial charge in [-0.3, -0.25) is 14.7 Å². The fraction of sp³-hybridized carbons (Fsp3) is 0.625. The van der Waals surface area contributed by atoms with Crippen LogP contribution in [0.2, 0.25) is 0 Å². The number of likely N-dealkylation sites (tertiary alicyclic amines) is 1. The highest BCUT2D eigenvalue weighted by molar-refractivity contribution is 5.93. The van der Waals surface area contributed by atoms with Gasteiger partial charge in [-0.15, -0.1) is 0 Å². The summed E-state index contributed by atoms with van der Waals surface area (Å²) < 4.78 is 0. The maximum atomic E-state index is 12.1. The van der Waals surface area contributed by atoms with E-state index in [9.17, 15) is 4.79 Å². The average Bonchev–Trinajstić information content (AvgIpc) is 2.45. The van der Waals surface area contributed by atoms with E-state index in [-0.39, 0.29) is 5.91 Å². The van der Waals surface area contributed by atoms with Crippen LogP contribution in [0.3, 0.4) is 0 Å². The van der Waals surface area contributed by atoms with Gasteiger partial charge in [-0.25, -0.2) is 0 Å². The topological polar surface area (TPSA) is 45.2 Å². The Balaban J connectivity index is 1.84. The number of pyridine rings is 1. The van der Waals surface area contributed by atoms with Gasteiger partial charge < -0.3 is 5.32 Å². The van der Waals surface area contributed by atoms with E-state index in [1.807, 2.05) is 19.1 Å². The Kier molecular flexibility index (Phi) is 5.12. The van der Waals surface area contributed by atoms with Crippen molar-refractivity contribution in [3.05, 3.63) is 29.6 Å². The van der Waals surface area contributed by atoms with Crippen LogP contribution in [0.15, 0.2) is 18.3 Å². The Bertz CT molecular complexity index is 444. The molecule has 2 atom stereocenters. The van der Waals surface area contributed by atoms with E-state index in [4.69, 9.17) is 0 Å². The van der Waals surface area contributed by atoms with Crippen molar-refractivity contribution in [2.75, 3.05) is 13.1 Å². The van der Waals surface area contributed by atoms with Crippen LogP contribution < -0.4 is 5.32 Å². The third-order valence-corrected chi connectivity index (χ3v) is 4.15. The number of piperidine rings is 1. The predicted octanol–water partition coefficient (Wildman–Crippen LogP) is 2.38. The molecule has 0 bridgehead atoms. The van der Waals surface area contributed by atoms with Gasteiger partial charge in [0.1, 0.15) is 0 Å². The van der Waals surface area contributed by atoms with E-state index >= 15 is 0 Å². The maximum absolute atomic E-state index is 12.1. The first kappa shape index (κ1) is 15.0. The molecule has 2 rings (SSSR count). The summed E-state index contributed by atoms with van der Waals surface area (Å²) in [6, 6.07) is 4.70. The van der Waals surface area contributed by atoms with Crippen molar-refractivity contribution in [2.45, 2.75) is 52.1 Å². The molecule has 0 radical (unpaired) electrons. The Morgan fingerprint density at radius 2 is 2.30 bits per heavy atom. The van der Waals surface area contributed by atoms with Gasteiger partial charge in [-0.2, -0.15) is 0 Å². The fourth-order valence-corrected chi connectivity index (χ4v) is 2.84. The number of hydrogen-bond donors (Lipinski definition) is 1. The van der Waals surface area contributed by atoms with Gasteiger partial charge in [-0.05, 0) is 52.3 Å². The standard InChI is InChI=1S/C16H25N3O/c1-12-7-8-15(11-17-12)16(20)18-10-14(3)19-9-5-4-6-13(19)2/h7-8,11,13-14H,4-6,9-10H2,1-3H3,(H,18,20)/t13-,14+/m1/s1. The minimum atomic E-state index is -0.0333. The summed E-state index contributed by atoms with van der Waals surface area (Å²) in [5, 5.41) is 3.02. The normalized spacial score (nSPS) is 21.4. The minimum Gasteiger partial charge on any atom is -0.350 e. The predicted molar refractivity (Wildman–Crippen MR) is 80.8 cm³/mol. The summed E-state index contributed by atoms with van der Waals surface area (Å²) in [5.74, 6) is -0.0333. The number of carbonyl (C=O) groups is 1. The molecule has 0 aromatic carbocycles. The largest absolute Gasteiger partial charge is 0.350 e. The van der Waals surface area contributed by atoms with Gasteiger partial charge in [0.25, 0.3) is 5.91 Å². The number of rotatable bonds is 4. The summed E-state index contributed by atoms with van der Waals surface area (Å²) in [7, 11) is 0. The number of carbonyl (C=O) groups excluding carboxylic acids is 1. The summed E-state index contributed by atoms with van der Waals surface area (Å²) in [5.41, 5.74) is 1.56. The number of aryl methyl sites for hydroxylation is 1. The summed E-state index contributed by atoms with van der Waals surface area (Å²) in [6.45, 7) is 8.22. The van der Waals surface area contributed by atoms with Crippen molar-refractivity contribution >= 4 is 5.91 Å². The highest BCUT2D eigenvalue weighted by Crippen LogP contribution is 2.18. The summed E-state index contributed by atoms with van der Waals surface area (Å²) in [4.78, 5) is 18.7. The average molecular weight is 275 g/mol. The lowest BCUT2D eigenvalue weighted by molar-refractivity contribution is 0.0886. The monoisotopic (exact) mass is 275 g/mol. The van der Waals surface area contributed by atoms with Crippen molar-refractivity contribution < 1.29 is 4.79 Å². The minimum absolute atomic E-state index is 0.0333. The third kappa shape index (κ3) is 3.79. The molecule has 1 N–H and O–H groups in total. The van der Waals surface area contributed by atoms with Crippen LogP contribution in [0.1, 0.15) is 49.2 Å². The zero-order chi connectivity index (χ0) is 14.5. The number of aromatic nitrogens is 1. The van der Waals surface area contributed by atoms with Crippen LogP contribution in [-0.2, 0) is 0 Å². The lowest BCUT2D eigenvalue weighted by Crippen LogP contribution is -2.48. The van der Waals surface area contributed by atoms with Gasteiger partial charge in [0.15, 0.2) is 0 Å². The van der Waals surface area contributed by atoms with Crippen molar-refractivity contribution in [2.24, 2.45) is 0 Å². The SMILES string of the molecule is Cc1ccc(C(=O)NC[C@H](C)N2CCCC[C@H]2C)cn1. The number of amides is 1. The van der Waals surface area contributed by atoms with Crippen LogP contribution in [0.5, 0.6) is 0 Å². The molecule has 0 unspecified atom stereocenters. The molecule has 110 valence electrons. The van der Waals surface area contributed by atoms with Crippen LogP contribution in [0, 0.1) is 6.92 Å². The molecule has 2 heterocycles. The molecule has 20 heavy (non-hydrogen) atoms. The molecule has 1 saturated heterocycles. The molecule has 1 aromatic rings. The van der Waals surface area contributed by atoms with Crippen molar-refractivity contribution in [1.29, 1.82) is 0 Å². The summed E-state index contributed by atoms with van der Waals surface area (Å²) in [6.07, 6.45) is 5.50. The highest BCUT2D eigenvalue weighted by Gasteiger charge is 2.23. The van der Waals surface area contributed by atoms with Crippen LogP contribution >= 0.6 is 0 Å². The molecule has 4 nitrogen and oxygen atoms in total. The molecular weight excluding hydrogens is 250 g/mol. The Hall–Kier alpha value is -1.42. The van der Waals surface area contributed by atoms with E-state index in [1.165, 1.54) is 19.3 Å². The van der Waals surface area contributed by atoms with Crippen molar-refractivity contribution in [3.63, 3.8) is 0 Å². The van der Waals surface area contributed by atoms with Crippen LogP contribution in [-0.4, -0.2) is 41.0 Å². The van der Waals surface area contributed by atoms with E-state index in [0.29, 0.717) is 24.2 Å². The van der Waals surface area contributed by atoms with E-state index < -0.39 is 0 Å². The first-order chi connectivity index (χ1) is 9.58. The molecule has 0 saturated carbocycles. The Labute approximate surface area is 121 Å². The molecule has 1 aromatic heterocycles. The second-order valence-corrected chi connectivity index (χ2v) is 5.83. The quantitative estimate of drug-likeness (QED) is 0.917. The molecule has 1 amide bonds. The van der Waals surface area contributed by atoms with Crippen molar-refractivity contribution in [1.82, 2.24) is 15.2 Å². The molecule has 1 fully saturated rings. The molecule has 4 heteroatoms. The zero-order valence-corrected chi connectivity index (χ0v) is 12.7. The zero-order valence-electron chi connectivity index (χ0n) is 12.7. The maximum Gasteiger partial charge on any atom is 0.252 e. The van der Waals surface area contributed by atoms with Crippen LogP contribution in [0.4, 0.5) is 0 Å². The fourth-order valence-electron chi connectivity index (χ4n) is 2.84. The second-order valence-electron chi connectivity index (χ2n) is 5.83. The Morgan fingerprint density at radius 3 is 2.95 bits per heavy atom. The van der Waals surface area contributed by atoms with Crippen molar-refractivity contribution in [3.8, 4) is 0 Å². The molecule has 0 aliphatic carbocycles. The lowest BCUT2D eigenvalue weighted by Gasteiger charge is -2.38. The molecule has 0 spiro atoms. The third-order valence-electron chi connectivity index (χ3n) is 4.15. The summed E-state index contributed by atoms with van der Waals surface area (Å²) >= 11 is 0. The number of nitrogens with one attached hydrogen (secondary N) is 1. The van der Waals surface area contributed by atoms with Gasteiger partial charge >= 0.3 is 0 Å². The Morgan fingerprint density at radius 1 is 1.50 bits per heavy atom. The second kappa shape index (κ2) is 6.84. The van der Waals surface area contributed by atoms with Gasteiger partial charge in [0.2, 0.25) is 0 Å². The number of nitrogens with zero attached hydrogens (tertiary/aromatic N) is 2. The van der Waals surface area contributed by atoms with Gasteiger partial charge in [0, 0.05) is 30.5 Å². The smallest absolute Gasteiger partial charge is 0.252 e. The molecular formula is C16H25N3O.